The van der Waals surface area contributed by atoms with E-state index in [4.69, 9.17) is 9.47 Å². The van der Waals surface area contributed by atoms with E-state index in [-0.39, 0.29) is 23.6 Å². The summed E-state index contributed by atoms with van der Waals surface area (Å²) >= 11 is 0. The van der Waals surface area contributed by atoms with Crippen molar-refractivity contribution in [2.75, 3.05) is 19.8 Å². The van der Waals surface area contributed by atoms with Crippen LogP contribution in [0.1, 0.15) is 23.6 Å². The molecule has 0 aliphatic carbocycles. The number of carbonyl (C=O) groups excluding carboxylic acids is 2. The largest absolute Gasteiger partial charge is 0.508 e. The number of aliphatic hydroxyl groups excluding tert-OH is 1. The van der Waals surface area contributed by atoms with E-state index in [0.717, 1.165) is 0 Å². The van der Waals surface area contributed by atoms with Gasteiger partial charge in [0, 0.05) is 31.0 Å². The monoisotopic (exact) mass is 461 g/mol. The molecular weight excluding hydrogens is 438 g/mol. The molecule has 0 bridgehead atoms. The number of likely N-dealkylation sites (tertiary alicyclic amines) is 1. The highest BCUT2D eigenvalue weighted by atomic mass is 16.6. The van der Waals surface area contributed by atoms with Crippen molar-refractivity contribution in [1.29, 1.82) is 0 Å². The topological polar surface area (TPSA) is 114 Å². The van der Waals surface area contributed by atoms with Crippen LogP contribution >= 0.6 is 0 Å². The van der Waals surface area contributed by atoms with Crippen LogP contribution in [0.5, 0.6) is 17.2 Å². The van der Waals surface area contributed by atoms with Crippen LogP contribution in [0.2, 0.25) is 0 Å². The average Bonchev–Trinajstić information content (AvgIpc) is 3.45. The minimum atomic E-state index is -0.844. The van der Waals surface area contributed by atoms with Crippen molar-refractivity contribution >= 4 is 17.4 Å². The summed E-state index contributed by atoms with van der Waals surface area (Å²) in [4.78, 5) is 31.6. The predicted octanol–water partition coefficient (Wildman–Crippen LogP) is 2.87. The Morgan fingerprint density at radius 3 is 2.65 bits per heavy atom. The summed E-state index contributed by atoms with van der Waals surface area (Å²) in [6, 6.07) is 10.4. The molecule has 9 heteroatoms. The normalized spacial score (nSPS) is 18.9. The summed E-state index contributed by atoms with van der Waals surface area (Å²) in [6.07, 6.45) is 5.75. The molecule has 34 heavy (non-hydrogen) atoms. The molecule has 0 saturated carbocycles. The Labute approximate surface area is 195 Å². The SMILES string of the molecule is O=C1C(=O)N(CCCn2ccnc2)[C@@H](c2cccc(O)c2)/C1=C(\O)c1ccc2c(c1)OCCO2. The number of imidazole rings is 1. The van der Waals surface area contributed by atoms with E-state index in [9.17, 15) is 19.8 Å². The number of aryl methyl sites for hydroxylation is 1. The van der Waals surface area contributed by atoms with Gasteiger partial charge in [0.2, 0.25) is 0 Å². The molecule has 174 valence electrons. The molecule has 2 aromatic carbocycles. The molecule has 2 N–H and O–H groups in total. The van der Waals surface area contributed by atoms with Gasteiger partial charge in [-0.2, -0.15) is 0 Å². The molecule has 0 spiro atoms. The maximum Gasteiger partial charge on any atom is 0.295 e. The molecule has 0 unspecified atom stereocenters. The third kappa shape index (κ3) is 3.96. The molecule has 3 heterocycles. The molecule has 1 fully saturated rings. The van der Waals surface area contributed by atoms with E-state index in [0.29, 0.717) is 48.8 Å². The van der Waals surface area contributed by atoms with Crippen LogP contribution < -0.4 is 9.47 Å². The van der Waals surface area contributed by atoms with Gasteiger partial charge in [-0.3, -0.25) is 9.59 Å². The summed E-state index contributed by atoms with van der Waals surface area (Å²) in [7, 11) is 0. The number of ether oxygens (including phenoxy) is 2. The summed E-state index contributed by atoms with van der Waals surface area (Å²) < 4.78 is 13.0. The number of phenolic OH excluding ortho intramolecular Hbond substituents is 1. The zero-order valence-electron chi connectivity index (χ0n) is 18.3. The number of amides is 1. The van der Waals surface area contributed by atoms with E-state index >= 15 is 0 Å². The quantitative estimate of drug-likeness (QED) is 0.330. The van der Waals surface area contributed by atoms with Crippen LogP contribution in [0.4, 0.5) is 0 Å². The molecule has 3 aromatic rings. The molecule has 5 rings (SSSR count). The first-order chi connectivity index (χ1) is 16.5. The second kappa shape index (κ2) is 8.93. The number of fused-ring (bicyclic) bond motifs is 1. The van der Waals surface area contributed by atoms with E-state index < -0.39 is 17.7 Å². The van der Waals surface area contributed by atoms with Gasteiger partial charge in [0.15, 0.2) is 11.5 Å². The lowest BCUT2D eigenvalue weighted by molar-refractivity contribution is -0.139. The fourth-order valence-corrected chi connectivity index (χ4v) is 4.34. The average molecular weight is 461 g/mol. The van der Waals surface area contributed by atoms with Crippen molar-refractivity contribution < 1.29 is 29.3 Å². The second-order valence-corrected chi connectivity index (χ2v) is 8.10. The van der Waals surface area contributed by atoms with Crippen LogP contribution in [0, 0.1) is 0 Å². The lowest BCUT2D eigenvalue weighted by Crippen LogP contribution is -2.31. The van der Waals surface area contributed by atoms with Crippen molar-refractivity contribution in [2.45, 2.75) is 19.0 Å². The fourth-order valence-electron chi connectivity index (χ4n) is 4.34. The molecule has 1 saturated heterocycles. The smallest absolute Gasteiger partial charge is 0.295 e. The number of nitrogens with zero attached hydrogens (tertiary/aromatic N) is 3. The van der Waals surface area contributed by atoms with Gasteiger partial charge in [-0.1, -0.05) is 12.1 Å². The Bertz CT molecular complexity index is 1270. The van der Waals surface area contributed by atoms with Crippen LogP contribution in [-0.4, -0.2) is 56.1 Å². The lowest BCUT2D eigenvalue weighted by Gasteiger charge is -2.25. The number of aromatic hydroxyl groups is 1. The Kier molecular flexibility index (Phi) is 5.67. The summed E-state index contributed by atoms with van der Waals surface area (Å²) in [6.45, 7) is 1.70. The Balaban J connectivity index is 1.54. The molecule has 1 amide bonds. The highest BCUT2D eigenvalue weighted by Crippen LogP contribution is 2.41. The van der Waals surface area contributed by atoms with Crippen molar-refractivity contribution in [2.24, 2.45) is 0 Å². The first kappa shape index (κ1) is 21.6. The minimum Gasteiger partial charge on any atom is -0.508 e. The molecule has 2 aliphatic heterocycles. The second-order valence-electron chi connectivity index (χ2n) is 8.10. The predicted molar refractivity (Wildman–Crippen MR) is 121 cm³/mol. The minimum absolute atomic E-state index is 0.000771. The maximum atomic E-state index is 13.1. The number of aliphatic hydroxyl groups is 1. The zero-order chi connectivity index (χ0) is 23.7. The van der Waals surface area contributed by atoms with Gasteiger partial charge in [0.1, 0.15) is 24.7 Å². The standard InChI is InChI=1S/C25H23N3O6/c29-18-4-1-3-16(13-18)22-21(23(30)17-5-6-19-20(14-17)34-12-11-33-19)24(31)25(32)28(22)9-2-8-27-10-7-26-15-27/h1,3-7,10,13-15,22,29-30H,2,8-9,11-12H2/b23-21+/t22-/m0/s1. The van der Waals surface area contributed by atoms with Crippen molar-refractivity contribution in [3.63, 3.8) is 0 Å². The number of carbonyl (C=O) groups is 2. The molecule has 1 atom stereocenters. The van der Waals surface area contributed by atoms with E-state index in [2.05, 4.69) is 4.98 Å². The molecule has 2 aliphatic rings. The van der Waals surface area contributed by atoms with Gasteiger partial charge in [-0.15, -0.1) is 0 Å². The number of hydrogen-bond acceptors (Lipinski definition) is 7. The van der Waals surface area contributed by atoms with Gasteiger partial charge >= 0.3 is 0 Å². The van der Waals surface area contributed by atoms with E-state index in [1.807, 2.05) is 10.8 Å². The highest BCUT2D eigenvalue weighted by Gasteiger charge is 2.46. The van der Waals surface area contributed by atoms with Gasteiger partial charge in [0.25, 0.3) is 11.7 Å². The fraction of sp³-hybridized carbons (Fsp3) is 0.240. The van der Waals surface area contributed by atoms with Gasteiger partial charge in [-0.05, 0) is 42.3 Å². The maximum absolute atomic E-state index is 13.1. The Morgan fingerprint density at radius 1 is 1.06 bits per heavy atom. The molecular formula is C25H23N3O6. The number of rotatable bonds is 6. The first-order valence-corrected chi connectivity index (χ1v) is 11.0. The summed E-state index contributed by atoms with van der Waals surface area (Å²) in [5, 5.41) is 21.3. The summed E-state index contributed by atoms with van der Waals surface area (Å²) in [5.74, 6) is -0.769. The van der Waals surface area contributed by atoms with Crippen molar-refractivity contribution in [1.82, 2.24) is 14.5 Å². The van der Waals surface area contributed by atoms with Crippen molar-refractivity contribution in [3.05, 3.63) is 77.9 Å². The van der Waals surface area contributed by atoms with E-state index in [1.165, 1.54) is 17.0 Å². The Morgan fingerprint density at radius 2 is 1.88 bits per heavy atom. The molecule has 0 radical (unpaired) electrons. The van der Waals surface area contributed by atoms with Gasteiger partial charge < -0.3 is 29.2 Å². The van der Waals surface area contributed by atoms with Crippen molar-refractivity contribution in [3.8, 4) is 17.2 Å². The number of phenols is 1. The lowest BCUT2D eigenvalue weighted by atomic mass is 9.95. The number of Topliss-reactive ketones (excluding diaryl/α,β-unsaturated/α-hetero) is 1. The Hall–Kier alpha value is -4.27. The highest BCUT2D eigenvalue weighted by molar-refractivity contribution is 6.46. The number of aromatic nitrogens is 2. The van der Waals surface area contributed by atoms with Crippen LogP contribution in [0.3, 0.4) is 0 Å². The van der Waals surface area contributed by atoms with E-state index in [1.54, 1.807) is 42.9 Å². The number of benzene rings is 2. The van der Waals surface area contributed by atoms with Gasteiger partial charge in [-0.25, -0.2) is 4.98 Å². The van der Waals surface area contributed by atoms with Crippen LogP contribution in [-0.2, 0) is 16.1 Å². The first-order valence-electron chi connectivity index (χ1n) is 11.0. The zero-order valence-corrected chi connectivity index (χ0v) is 18.3. The summed E-state index contributed by atoms with van der Waals surface area (Å²) in [5.41, 5.74) is 0.835. The number of ketones is 1. The molecule has 1 aromatic heterocycles. The third-order valence-electron chi connectivity index (χ3n) is 5.92. The number of hydrogen-bond donors (Lipinski definition) is 2. The third-order valence-corrected chi connectivity index (χ3v) is 5.92. The van der Waals surface area contributed by atoms with Crippen LogP contribution in [0.15, 0.2) is 66.8 Å². The van der Waals surface area contributed by atoms with Crippen LogP contribution in [0.25, 0.3) is 5.76 Å². The molecule has 9 nitrogen and oxygen atoms in total. The van der Waals surface area contributed by atoms with Gasteiger partial charge in [0.05, 0.1) is 17.9 Å².